The van der Waals surface area contributed by atoms with E-state index in [4.69, 9.17) is 0 Å². The van der Waals surface area contributed by atoms with Gasteiger partial charge in [0, 0.05) is 12.1 Å². The van der Waals surface area contributed by atoms with Crippen molar-refractivity contribution >= 4 is 11.6 Å². The number of para-hydroxylation sites is 1. The second kappa shape index (κ2) is 8.70. The quantitative estimate of drug-likeness (QED) is 0.717. The van der Waals surface area contributed by atoms with Crippen LogP contribution in [-0.4, -0.2) is 30.4 Å². The molecule has 0 spiro atoms. The second-order valence-electron chi connectivity index (χ2n) is 4.40. The summed E-state index contributed by atoms with van der Waals surface area (Å²) in [6.07, 6.45) is 2.65. The second-order valence-corrected chi connectivity index (χ2v) is 4.40. The van der Waals surface area contributed by atoms with Gasteiger partial charge in [-0.1, -0.05) is 32.0 Å². The highest BCUT2D eigenvalue weighted by Gasteiger charge is 2.03. The Balaban J connectivity index is 2.14. The molecule has 0 aliphatic heterocycles. The molecule has 1 amide bonds. The highest BCUT2D eigenvalue weighted by Crippen LogP contribution is 2.07. The first-order valence-corrected chi connectivity index (χ1v) is 6.83. The summed E-state index contributed by atoms with van der Waals surface area (Å²) in [7, 11) is 0. The monoisotopic (exact) mass is 248 g/mol. The van der Waals surface area contributed by atoms with Gasteiger partial charge in [-0.2, -0.15) is 0 Å². The number of nitrogens with zero attached hydrogens (tertiary/aromatic N) is 1. The molecule has 3 heteroatoms. The van der Waals surface area contributed by atoms with Crippen molar-refractivity contribution in [2.75, 3.05) is 25.0 Å². The summed E-state index contributed by atoms with van der Waals surface area (Å²) in [5, 5.41) is 2.91. The number of amides is 1. The third-order valence-electron chi connectivity index (χ3n) is 3.08. The van der Waals surface area contributed by atoms with Crippen LogP contribution in [0.15, 0.2) is 30.3 Å². The largest absolute Gasteiger partial charge is 0.326 e. The van der Waals surface area contributed by atoms with E-state index >= 15 is 0 Å². The van der Waals surface area contributed by atoms with Gasteiger partial charge < -0.3 is 10.2 Å². The molecule has 0 saturated heterocycles. The van der Waals surface area contributed by atoms with Crippen molar-refractivity contribution in [2.45, 2.75) is 33.1 Å². The molecule has 0 aliphatic rings. The maximum atomic E-state index is 11.7. The molecule has 0 bridgehead atoms. The van der Waals surface area contributed by atoms with Crippen molar-refractivity contribution in [3.8, 4) is 0 Å². The van der Waals surface area contributed by atoms with Crippen molar-refractivity contribution in [3.05, 3.63) is 30.3 Å². The molecule has 18 heavy (non-hydrogen) atoms. The Kier molecular flexibility index (Phi) is 7.11. The topological polar surface area (TPSA) is 32.3 Å². The minimum atomic E-state index is 0.112. The van der Waals surface area contributed by atoms with E-state index in [1.807, 2.05) is 30.3 Å². The number of anilines is 1. The molecule has 1 aromatic carbocycles. The Morgan fingerprint density at radius 2 is 1.78 bits per heavy atom. The number of carbonyl (C=O) groups is 1. The Morgan fingerprint density at radius 3 is 2.39 bits per heavy atom. The van der Waals surface area contributed by atoms with Crippen molar-refractivity contribution in [1.29, 1.82) is 0 Å². The Labute approximate surface area is 110 Å². The fourth-order valence-corrected chi connectivity index (χ4v) is 1.91. The van der Waals surface area contributed by atoms with Gasteiger partial charge in [-0.25, -0.2) is 0 Å². The van der Waals surface area contributed by atoms with Crippen LogP contribution < -0.4 is 5.32 Å². The zero-order valence-corrected chi connectivity index (χ0v) is 11.5. The van der Waals surface area contributed by atoms with Crippen LogP contribution in [0.4, 0.5) is 5.69 Å². The molecular formula is C15H24N2O. The molecular weight excluding hydrogens is 224 g/mol. The zero-order chi connectivity index (χ0) is 13.2. The van der Waals surface area contributed by atoms with Crippen LogP contribution in [-0.2, 0) is 4.79 Å². The minimum Gasteiger partial charge on any atom is -0.326 e. The number of nitrogens with one attached hydrogen (secondary N) is 1. The Hall–Kier alpha value is -1.35. The number of benzene rings is 1. The van der Waals surface area contributed by atoms with E-state index in [0.717, 1.165) is 38.2 Å². The van der Waals surface area contributed by atoms with E-state index in [0.29, 0.717) is 6.42 Å². The summed E-state index contributed by atoms with van der Waals surface area (Å²) in [4.78, 5) is 14.1. The average molecular weight is 248 g/mol. The maximum absolute atomic E-state index is 11.7. The lowest BCUT2D eigenvalue weighted by atomic mass is 10.2. The Bertz CT molecular complexity index is 334. The molecule has 3 nitrogen and oxygen atoms in total. The molecule has 0 atom stereocenters. The average Bonchev–Trinajstić information content (AvgIpc) is 2.40. The summed E-state index contributed by atoms with van der Waals surface area (Å²) in [5.74, 6) is 0.112. The Morgan fingerprint density at radius 1 is 1.11 bits per heavy atom. The highest BCUT2D eigenvalue weighted by molar-refractivity contribution is 5.90. The zero-order valence-electron chi connectivity index (χ0n) is 11.5. The summed E-state index contributed by atoms with van der Waals surface area (Å²) < 4.78 is 0. The predicted molar refractivity (Wildman–Crippen MR) is 76.7 cm³/mol. The third-order valence-corrected chi connectivity index (χ3v) is 3.08. The number of hydrogen-bond acceptors (Lipinski definition) is 2. The van der Waals surface area contributed by atoms with E-state index in [1.54, 1.807) is 0 Å². The van der Waals surface area contributed by atoms with Gasteiger partial charge in [0.15, 0.2) is 0 Å². The number of unbranched alkanes of at least 4 members (excludes halogenated alkanes) is 1. The van der Waals surface area contributed by atoms with Gasteiger partial charge >= 0.3 is 0 Å². The smallest absolute Gasteiger partial charge is 0.224 e. The van der Waals surface area contributed by atoms with Crippen LogP contribution in [0.3, 0.4) is 0 Å². The molecule has 1 rings (SSSR count). The van der Waals surface area contributed by atoms with Gasteiger partial charge in [0.05, 0.1) is 0 Å². The lowest BCUT2D eigenvalue weighted by molar-refractivity contribution is -0.116. The summed E-state index contributed by atoms with van der Waals surface area (Å²) >= 11 is 0. The van der Waals surface area contributed by atoms with Crippen LogP contribution in [0.2, 0.25) is 0 Å². The predicted octanol–water partition coefficient (Wildman–Crippen LogP) is 3.14. The van der Waals surface area contributed by atoms with Gasteiger partial charge in [-0.15, -0.1) is 0 Å². The van der Waals surface area contributed by atoms with Gasteiger partial charge in [-0.3, -0.25) is 4.79 Å². The number of rotatable bonds is 8. The molecule has 0 saturated carbocycles. The molecule has 1 aromatic rings. The molecule has 0 heterocycles. The maximum Gasteiger partial charge on any atom is 0.224 e. The van der Waals surface area contributed by atoms with Gasteiger partial charge in [0.2, 0.25) is 5.91 Å². The van der Waals surface area contributed by atoms with Crippen molar-refractivity contribution in [1.82, 2.24) is 4.90 Å². The molecule has 100 valence electrons. The summed E-state index contributed by atoms with van der Waals surface area (Å²) in [6, 6.07) is 9.62. The number of carbonyl (C=O) groups excluding carboxylic acids is 1. The minimum absolute atomic E-state index is 0.112. The first kappa shape index (κ1) is 14.7. The van der Waals surface area contributed by atoms with Crippen molar-refractivity contribution < 1.29 is 4.79 Å². The van der Waals surface area contributed by atoms with E-state index in [-0.39, 0.29) is 5.91 Å². The van der Waals surface area contributed by atoms with Crippen LogP contribution in [0.25, 0.3) is 0 Å². The van der Waals surface area contributed by atoms with Gasteiger partial charge in [0.1, 0.15) is 0 Å². The van der Waals surface area contributed by atoms with E-state index in [2.05, 4.69) is 24.1 Å². The van der Waals surface area contributed by atoms with E-state index in [1.165, 1.54) is 0 Å². The lowest BCUT2D eigenvalue weighted by Crippen LogP contribution is -2.24. The molecule has 0 radical (unpaired) electrons. The molecule has 1 N–H and O–H groups in total. The number of hydrogen-bond donors (Lipinski definition) is 1. The van der Waals surface area contributed by atoms with Crippen LogP contribution in [0, 0.1) is 0 Å². The summed E-state index contributed by atoms with van der Waals surface area (Å²) in [6.45, 7) is 7.61. The third kappa shape index (κ3) is 5.82. The standard InChI is InChI=1S/C15H24N2O/c1-3-17(4-2)13-9-8-12-15(18)16-14-10-6-5-7-11-14/h5-7,10-11H,3-4,8-9,12-13H2,1-2H3,(H,16,18). The molecule has 0 fully saturated rings. The SMILES string of the molecule is CCN(CC)CCCCC(=O)Nc1ccccc1. The van der Waals surface area contributed by atoms with Gasteiger partial charge in [0.25, 0.3) is 0 Å². The first-order chi connectivity index (χ1) is 8.76. The van der Waals surface area contributed by atoms with Crippen LogP contribution in [0.5, 0.6) is 0 Å². The first-order valence-electron chi connectivity index (χ1n) is 6.83. The summed E-state index contributed by atoms with van der Waals surface area (Å²) in [5.41, 5.74) is 0.881. The van der Waals surface area contributed by atoms with E-state index < -0.39 is 0 Å². The highest BCUT2D eigenvalue weighted by atomic mass is 16.1. The van der Waals surface area contributed by atoms with Crippen LogP contribution in [0.1, 0.15) is 33.1 Å². The molecule has 0 aromatic heterocycles. The molecule has 0 aliphatic carbocycles. The van der Waals surface area contributed by atoms with Crippen molar-refractivity contribution in [2.24, 2.45) is 0 Å². The van der Waals surface area contributed by atoms with Crippen LogP contribution >= 0.6 is 0 Å². The van der Waals surface area contributed by atoms with Gasteiger partial charge in [-0.05, 0) is 44.6 Å². The lowest BCUT2D eigenvalue weighted by Gasteiger charge is -2.17. The fourth-order valence-electron chi connectivity index (χ4n) is 1.91. The van der Waals surface area contributed by atoms with Crippen molar-refractivity contribution in [3.63, 3.8) is 0 Å². The fraction of sp³-hybridized carbons (Fsp3) is 0.533. The van der Waals surface area contributed by atoms with E-state index in [9.17, 15) is 4.79 Å². The normalized spacial score (nSPS) is 10.6. The molecule has 0 unspecified atom stereocenters.